The second kappa shape index (κ2) is 9.58. The van der Waals surface area contributed by atoms with Gasteiger partial charge in [0.05, 0.1) is 11.5 Å². The first-order chi connectivity index (χ1) is 14.8. The minimum atomic E-state index is -3.29. The summed E-state index contributed by atoms with van der Waals surface area (Å²) in [5.41, 5.74) is 1.55. The molecule has 0 atom stereocenters. The van der Waals surface area contributed by atoms with Gasteiger partial charge in [-0.05, 0) is 71.7 Å². The summed E-state index contributed by atoms with van der Waals surface area (Å²) in [6.07, 6.45) is 0. The summed E-state index contributed by atoms with van der Waals surface area (Å²) in [6, 6.07) is 15.0. The van der Waals surface area contributed by atoms with Crippen molar-refractivity contribution in [3.05, 3.63) is 59.7 Å². The van der Waals surface area contributed by atoms with Crippen LogP contribution in [-0.2, 0) is 21.3 Å². The Morgan fingerprint density at radius 2 is 0.879 bits per heavy atom. The molecule has 2 aromatic carbocycles. The molecule has 33 heavy (non-hydrogen) atoms. The first kappa shape index (κ1) is 27.7. The Bertz CT molecular complexity index is 948. The minimum absolute atomic E-state index is 0.00952. The number of hydrogen-bond acceptors (Lipinski definition) is 4. The highest BCUT2D eigenvalue weighted by Gasteiger charge is 2.39. The zero-order valence-corrected chi connectivity index (χ0v) is 24.9. The van der Waals surface area contributed by atoms with Crippen LogP contribution >= 0.6 is 0 Å². The van der Waals surface area contributed by atoms with Crippen LogP contribution < -0.4 is 8.85 Å². The zero-order valence-electron chi connectivity index (χ0n) is 22.1. The van der Waals surface area contributed by atoms with Crippen LogP contribution in [0.1, 0.15) is 52.7 Å². The molecule has 0 aromatic heterocycles. The van der Waals surface area contributed by atoms with Gasteiger partial charge < -0.3 is 8.85 Å². The average Bonchev–Trinajstić information content (AvgIpc) is 2.62. The lowest BCUT2D eigenvalue weighted by Crippen LogP contribution is -2.43. The number of hydrogen-bond donors (Lipinski definition) is 0. The summed E-state index contributed by atoms with van der Waals surface area (Å²) in [5, 5.41) is 0.223. The normalized spacial score (nSPS) is 13.6. The van der Waals surface area contributed by atoms with Crippen molar-refractivity contribution >= 4 is 26.5 Å². The molecule has 0 spiro atoms. The molecule has 0 saturated carbocycles. The molecule has 0 radical (unpaired) electrons. The van der Waals surface area contributed by atoms with E-state index in [4.69, 9.17) is 8.85 Å². The van der Waals surface area contributed by atoms with E-state index in [2.05, 4.69) is 67.7 Å². The molecule has 0 unspecified atom stereocenters. The van der Waals surface area contributed by atoms with Crippen molar-refractivity contribution in [2.24, 2.45) is 0 Å². The van der Waals surface area contributed by atoms with Gasteiger partial charge in [-0.15, -0.1) is 0 Å². The van der Waals surface area contributed by atoms with E-state index in [0.717, 1.165) is 22.6 Å². The predicted octanol–water partition coefficient (Wildman–Crippen LogP) is 7.57. The van der Waals surface area contributed by atoms with Gasteiger partial charge in [0.2, 0.25) is 16.6 Å². The summed E-state index contributed by atoms with van der Waals surface area (Å²) in [5.74, 6) is 1.63. The average molecular weight is 507 g/mol. The van der Waals surface area contributed by atoms with Gasteiger partial charge in [-0.3, -0.25) is 0 Å². The van der Waals surface area contributed by atoms with Crippen molar-refractivity contribution in [3.8, 4) is 11.5 Å². The van der Waals surface area contributed by atoms with Crippen molar-refractivity contribution < 1.29 is 17.3 Å². The summed E-state index contributed by atoms with van der Waals surface area (Å²) in [6.45, 7) is 22.0. The Morgan fingerprint density at radius 3 is 1.12 bits per heavy atom. The van der Waals surface area contributed by atoms with Crippen LogP contribution in [0.3, 0.4) is 0 Å². The van der Waals surface area contributed by atoms with E-state index in [1.165, 1.54) is 0 Å². The number of rotatable bonds is 8. The second-order valence-electron chi connectivity index (χ2n) is 12.0. The fraction of sp³-hybridized carbons (Fsp3) is 0.538. The van der Waals surface area contributed by atoms with Gasteiger partial charge in [-0.25, -0.2) is 8.42 Å². The molecule has 0 aliphatic carbocycles. The largest absolute Gasteiger partial charge is 0.544 e. The van der Waals surface area contributed by atoms with Gasteiger partial charge in [-0.1, -0.05) is 65.8 Å². The van der Waals surface area contributed by atoms with Crippen LogP contribution in [0.25, 0.3) is 0 Å². The highest BCUT2D eigenvalue weighted by molar-refractivity contribution is 7.89. The molecule has 184 valence electrons. The molecule has 0 saturated heterocycles. The SMILES string of the molecule is CC(C)(C)[Si](C)(C)Oc1ccc(CS(=O)(=O)Cc2ccc(O[Si](C)(C)C(C)(C)C)cc2)cc1. The van der Waals surface area contributed by atoms with E-state index < -0.39 is 26.5 Å². The summed E-state index contributed by atoms with van der Waals surface area (Å²) >= 11 is 0. The second-order valence-corrected chi connectivity index (χ2v) is 23.6. The van der Waals surface area contributed by atoms with Gasteiger partial charge in [0.15, 0.2) is 9.84 Å². The quantitative estimate of drug-likeness (QED) is 0.346. The minimum Gasteiger partial charge on any atom is -0.544 e. The van der Waals surface area contributed by atoms with E-state index in [9.17, 15) is 8.42 Å². The highest BCUT2D eigenvalue weighted by Crippen LogP contribution is 2.38. The molecule has 2 rings (SSSR count). The maximum Gasteiger partial charge on any atom is 0.250 e. The Kier molecular flexibility index (Phi) is 8.04. The van der Waals surface area contributed by atoms with E-state index in [-0.39, 0.29) is 21.6 Å². The van der Waals surface area contributed by atoms with Crippen LogP contribution in [-0.4, -0.2) is 25.1 Å². The van der Waals surface area contributed by atoms with E-state index in [1.54, 1.807) is 0 Å². The molecule has 0 N–H and O–H groups in total. The highest BCUT2D eigenvalue weighted by atomic mass is 32.2. The fourth-order valence-electron chi connectivity index (χ4n) is 2.76. The molecular formula is C26H42O4SSi2. The molecule has 2 aromatic rings. The molecule has 0 aliphatic heterocycles. The third-order valence-corrected chi connectivity index (χ3v) is 17.2. The van der Waals surface area contributed by atoms with Crippen molar-refractivity contribution in [2.45, 2.75) is 89.3 Å². The molecule has 7 heteroatoms. The van der Waals surface area contributed by atoms with E-state index >= 15 is 0 Å². The summed E-state index contributed by atoms with van der Waals surface area (Å²) in [7, 11) is -7.13. The van der Waals surface area contributed by atoms with Crippen LogP contribution in [0.2, 0.25) is 36.3 Å². The molecule has 0 bridgehead atoms. The molecular weight excluding hydrogens is 465 g/mol. The van der Waals surface area contributed by atoms with Gasteiger partial charge in [0.1, 0.15) is 11.5 Å². The van der Waals surface area contributed by atoms with Crippen molar-refractivity contribution in [1.82, 2.24) is 0 Å². The Morgan fingerprint density at radius 1 is 0.606 bits per heavy atom. The van der Waals surface area contributed by atoms with Gasteiger partial charge >= 0.3 is 0 Å². The smallest absolute Gasteiger partial charge is 0.250 e. The van der Waals surface area contributed by atoms with Crippen LogP contribution in [0.5, 0.6) is 11.5 Å². The van der Waals surface area contributed by atoms with Gasteiger partial charge in [0.25, 0.3) is 0 Å². The lowest BCUT2D eigenvalue weighted by atomic mass is 10.2. The maximum absolute atomic E-state index is 12.8. The van der Waals surface area contributed by atoms with Crippen molar-refractivity contribution in [2.75, 3.05) is 0 Å². The van der Waals surface area contributed by atoms with Crippen molar-refractivity contribution in [3.63, 3.8) is 0 Å². The topological polar surface area (TPSA) is 52.6 Å². The molecule has 0 aliphatic rings. The first-order valence-electron chi connectivity index (χ1n) is 11.6. The third kappa shape index (κ3) is 7.72. The van der Waals surface area contributed by atoms with Crippen LogP contribution in [0, 0.1) is 0 Å². The molecule has 0 heterocycles. The number of benzene rings is 2. The van der Waals surface area contributed by atoms with Gasteiger partial charge in [-0.2, -0.15) is 0 Å². The summed E-state index contributed by atoms with van der Waals surface area (Å²) < 4.78 is 38.2. The monoisotopic (exact) mass is 506 g/mol. The maximum atomic E-state index is 12.8. The lowest BCUT2D eigenvalue weighted by Gasteiger charge is -2.36. The van der Waals surface area contributed by atoms with Gasteiger partial charge in [0, 0.05) is 0 Å². The Balaban J connectivity index is 2.03. The van der Waals surface area contributed by atoms with Crippen LogP contribution in [0.15, 0.2) is 48.5 Å². The Labute approximate surface area is 203 Å². The third-order valence-electron chi connectivity index (χ3n) is 6.98. The fourth-order valence-corrected chi connectivity index (χ4v) is 6.33. The van der Waals surface area contributed by atoms with Crippen LogP contribution in [0.4, 0.5) is 0 Å². The first-order valence-corrected chi connectivity index (χ1v) is 19.2. The standard InChI is InChI=1S/C26H42O4SSi2/c1-25(2,3)32(7,8)29-23-15-11-21(12-16-23)19-31(27,28)20-22-13-17-24(18-14-22)30-33(9,10)26(4,5)6/h11-18H,19-20H2,1-10H3. The van der Waals surface area contributed by atoms with E-state index in [0.29, 0.717) is 0 Å². The molecule has 4 nitrogen and oxygen atoms in total. The predicted molar refractivity (Wildman–Crippen MR) is 145 cm³/mol. The van der Waals surface area contributed by atoms with E-state index in [1.807, 2.05) is 48.5 Å². The lowest BCUT2D eigenvalue weighted by molar-refractivity contribution is 0.492. The van der Waals surface area contributed by atoms with Crippen molar-refractivity contribution in [1.29, 1.82) is 0 Å². The summed E-state index contributed by atoms with van der Waals surface area (Å²) in [4.78, 5) is 0. The zero-order chi connectivity index (χ0) is 25.3. The molecule has 0 amide bonds. The number of sulfone groups is 1. The Hall–Kier alpha value is -1.58. The molecule has 0 fully saturated rings.